The van der Waals surface area contributed by atoms with Crippen LogP contribution in [-0.2, 0) is 17.8 Å². The lowest BCUT2D eigenvalue weighted by molar-refractivity contribution is -0.130. The maximum Gasteiger partial charge on any atom is 0.225 e. The van der Waals surface area contributed by atoms with Gasteiger partial charge in [-0.25, -0.2) is 0 Å². The highest BCUT2D eigenvalue weighted by molar-refractivity contribution is 5.79. The topological polar surface area (TPSA) is 72.9 Å². The van der Waals surface area contributed by atoms with Gasteiger partial charge in [-0.1, -0.05) is 13.8 Å². The summed E-state index contributed by atoms with van der Waals surface area (Å²) in [4.78, 5) is 12.4. The summed E-state index contributed by atoms with van der Waals surface area (Å²) in [6, 6.07) is 2.30. The minimum Gasteiger partial charge on any atom is -0.353 e. The normalized spacial score (nSPS) is 31.2. The van der Waals surface area contributed by atoms with Crippen LogP contribution in [-0.4, -0.2) is 28.3 Å². The molecule has 1 aromatic rings. The summed E-state index contributed by atoms with van der Waals surface area (Å²) in [7, 11) is 0. The SMILES string of the molecule is CC1(C)C(CN)CC1NC(=O)C1CCc2ccnn2C1. The molecule has 3 N–H and O–H groups in total. The predicted octanol–water partition coefficient (Wildman–Crippen LogP) is 0.935. The summed E-state index contributed by atoms with van der Waals surface area (Å²) in [6.07, 6.45) is 4.69. The third-order valence-electron chi connectivity index (χ3n) is 5.39. The number of hydrogen-bond acceptors (Lipinski definition) is 3. The van der Waals surface area contributed by atoms with E-state index in [9.17, 15) is 4.79 Å². The van der Waals surface area contributed by atoms with Gasteiger partial charge in [-0.15, -0.1) is 0 Å². The number of nitrogens with two attached hydrogens (primary N) is 1. The second-order valence-electron chi connectivity index (χ2n) is 6.79. The number of carbonyl (C=O) groups is 1. The first-order valence-electron chi connectivity index (χ1n) is 7.53. The second kappa shape index (κ2) is 4.88. The Morgan fingerprint density at radius 1 is 1.60 bits per heavy atom. The van der Waals surface area contributed by atoms with Crippen molar-refractivity contribution in [1.29, 1.82) is 0 Å². The molecular weight excluding hydrogens is 252 g/mol. The molecule has 2 heterocycles. The number of fused-ring (bicyclic) bond motifs is 1. The fraction of sp³-hybridized carbons (Fsp3) is 0.733. The van der Waals surface area contributed by atoms with Gasteiger partial charge in [0.05, 0.1) is 12.5 Å². The molecule has 5 heteroatoms. The molecule has 0 saturated heterocycles. The minimum absolute atomic E-state index is 0.0510. The van der Waals surface area contributed by atoms with E-state index in [-0.39, 0.29) is 23.3 Å². The lowest BCUT2D eigenvalue weighted by Crippen LogP contribution is -2.61. The van der Waals surface area contributed by atoms with Gasteiger partial charge in [0.1, 0.15) is 0 Å². The lowest BCUT2D eigenvalue weighted by Gasteiger charge is -2.52. The molecule has 1 saturated carbocycles. The smallest absolute Gasteiger partial charge is 0.225 e. The quantitative estimate of drug-likeness (QED) is 0.863. The third kappa shape index (κ3) is 2.14. The zero-order valence-corrected chi connectivity index (χ0v) is 12.3. The number of rotatable bonds is 3. The summed E-state index contributed by atoms with van der Waals surface area (Å²) >= 11 is 0. The fourth-order valence-electron chi connectivity index (χ4n) is 3.52. The molecule has 2 aliphatic rings. The van der Waals surface area contributed by atoms with E-state index in [0.717, 1.165) is 19.3 Å². The molecule has 0 radical (unpaired) electrons. The molecule has 1 amide bonds. The molecule has 0 aromatic carbocycles. The van der Waals surface area contributed by atoms with E-state index in [2.05, 4.69) is 24.3 Å². The molecule has 1 aliphatic heterocycles. The molecule has 1 aliphatic carbocycles. The Morgan fingerprint density at radius 2 is 2.40 bits per heavy atom. The van der Waals surface area contributed by atoms with Crippen molar-refractivity contribution in [1.82, 2.24) is 15.1 Å². The average Bonchev–Trinajstić information content (AvgIpc) is 2.89. The van der Waals surface area contributed by atoms with Crippen molar-refractivity contribution >= 4 is 5.91 Å². The van der Waals surface area contributed by atoms with Gasteiger partial charge in [0.2, 0.25) is 5.91 Å². The largest absolute Gasteiger partial charge is 0.353 e. The van der Waals surface area contributed by atoms with Gasteiger partial charge in [0, 0.05) is 17.9 Å². The Kier molecular flexibility index (Phi) is 3.32. The van der Waals surface area contributed by atoms with Crippen LogP contribution in [0, 0.1) is 17.3 Å². The summed E-state index contributed by atoms with van der Waals surface area (Å²) in [5.41, 5.74) is 7.12. The van der Waals surface area contributed by atoms with Crippen LogP contribution in [0.3, 0.4) is 0 Å². The molecule has 3 rings (SSSR count). The Labute approximate surface area is 119 Å². The highest BCUT2D eigenvalue weighted by Crippen LogP contribution is 2.45. The Morgan fingerprint density at radius 3 is 3.10 bits per heavy atom. The van der Waals surface area contributed by atoms with Crippen LogP contribution in [0.5, 0.6) is 0 Å². The molecule has 110 valence electrons. The lowest BCUT2D eigenvalue weighted by atomic mass is 9.58. The molecular formula is C15H24N4O. The Bertz CT molecular complexity index is 508. The van der Waals surface area contributed by atoms with Crippen LogP contribution < -0.4 is 11.1 Å². The Hall–Kier alpha value is -1.36. The molecule has 0 spiro atoms. The number of hydrogen-bond donors (Lipinski definition) is 2. The fourth-order valence-corrected chi connectivity index (χ4v) is 3.52. The molecule has 5 nitrogen and oxygen atoms in total. The molecule has 0 bridgehead atoms. The minimum atomic E-state index is 0.0510. The molecule has 3 atom stereocenters. The number of aromatic nitrogens is 2. The Balaban J connectivity index is 1.59. The van der Waals surface area contributed by atoms with Crippen LogP contribution >= 0.6 is 0 Å². The van der Waals surface area contributed by atoms with Gasteiger partial charge in [0.25, 0.3) is 0 Å². The van der Waals surface area contributed by atoms with Crippen molar-refractivity contribution in [2.45, 2.75) is 45.7 Å². The summed E-state index contributed by atoms with van der Waals surface area (Å²) < 4.78 is 1.96. The zero-order valence-electron chi connectivity index (χ0n) is 12.3. The van der Waals surface area contributed by atoms with Gasteiger partial charge in [0.15, 0.2) is 0 Å². The van der Waals surface area contributed by atoms with E-state index in [0.29, 0.717) is 19.0 Å². The number of nitrogens with one attached hydrogen (secondary N) is 1. The van der Waals surface area contributed by atoms with Crippen LogP contribution in [0.1, 0.15) is 32.4 Å². The molecule has 20 heavy (non-hydrogen) atoms. The first-order valence-corrected chi connectivity index (χ1v) is 7.53. The van der Waals surface area contributed by atoms with Crippen molar-refractivity contribution in [2.75, 3.05) is 6.54 Å². The van der Waals surface area contributed by atoms with Crippen molar-refractivity contribution in [2.24, 2.45) is 23.0 Å². The van der Waals surface area contributed by atoms with E-state index in [1.165, 1.54) is 5.69 Å². The number of amides is 1. The van der Waals surface area contributed by atoms with E-state index >= 15 is 0 Å². The zero-order chi connectivity index (χ0) is 14.3. The van der Waals surface area contributed by atoms with Crippen LogP contribution in [0.2, 0.25) is 0 Å². The van der Waals surface area contributed by atoms with Crippen LogP contribution in [0.15, 0.2) is 12.3 Å². The highest BCUT2D eigenvalue weighted by atomic mass is 16.2. The average molecular weight is 276 g/mol. The second-order valence-corrected chi connectivity index (χ2v) is 6.79. The maximum atomic E-state index is 12.4. The number of carbonyl (C=O) groups excluding carboxylic acids is 1. The van der Waals surface area contributed by atoms with Crippen molar-refractivity contribution < 1.29 is 4.79 Å². The van der Waals surface area contributed by atoms with E-state index in [1.807, 2.05) is 16.9 Å². The summed E-state index contributed by atoms with van der Waals surface area (Å²) in [5, 5.41) is 7.50. The summed E-state index contributed by atoms with van der Waals surface area (Å²) in [5.74, 6) is 0.756. The van der Waals surface area contributed by atoms with E-state index in [4.69, 9.17) is 5.73 Å². The van der Waals surface area contributed by atoms with Crippen molar-refractivity contribution in [3.63, 3.8) is 0 Å². The van der Waals surface area contributed by atoms with Crippen molar-refractivity contribution in [3.8, 4) is 0 Å². The van der Waals surface area contributed by atoms with Gasteiger partial charge in [-0.2, -0.15) is 5.10 Å². The van der Waals surface area contributed by atoms with Gasteiger partial charge in [-0.05, 0) is 43.2 Å². The third-order valence-corrected chi connectivity index (χ3v) is 5.39. The first kappa shape index (κ1) is 13.6. The standard InChI is InChI=1S/C15H24N4O/c1-15(2)11(8-16)7-13(15)18-14(20)10-3-4-12-5-6-17-19(12)9-10/h5-6,10-11,13H,3-4,7-9,16H2,1-2H3,(H,18,20). The molecule has 1 aromatic heterocycles. The highest BCUT2D eigenvalue weighted by Gasteiger charge is 2.48. The van der Waals surface area contributed by atoms with Crippen molar-refractivity contribution in [3.05, 3.63) is 18.0 Å². The number of nitrogens with zero attached hydrogens (tertiary/aromatic N) is 2. The van der Waals surface area contributed by atoms with Crippen LogP contribution in [0.4, 0.5) is 0 Å². The van der Waals surface area contributed by atoms with Gasteiger partial charge < -0.3 is 11.1 Å². The van der Waals surface area contributed by atoms with Crippen LogP contribution in [0.25, 0.3) is 0 Å². The van der Waals surface area contributed by atoms with Gasteiger partial charge in [-0.3, -0.25) is 9.48 Å². The maximum absolute atomic E-state index is 12.4. The number of aryl methyl sites for hydroxylation is 1. The molecule has 3 unspecified atom stereocenters. The first-order chi connectivity index (χ1) is 9.52. The summed E-state index contributed by atoms with van der Waals surface area (Å²) in [6.45, 7) is 5.82. The van der Waals surface area contributed by atoms with Gasteiger partial charge >= 0.3 is 0 Å². The molecule has 1 fully saturated rings. The van der Waals surface area contributed by atoms with E-state index in [1.54, 1.807) is 0 Å². The van der Waals surface area contributed by atoms with E-state index < -0.39 is 0 Å². The monoisotopic (exact) mass is 276 g/mol. The predicted molar refractivity (Wildman–Crippen MR) is 76.9 cm³/mol.